The molecule has 0 bridgehead atoms. The highest BCUT2D eigenvalue weighted by Gasteiger charge is 2.21. The topological polar surface area (TPSA) is 24.5 Å². The number of rotatable bonds is 8. The van der Waals surface area contributed by atoms with E-state index in [9.17, 15) is 0 Å². The monoisotopic (exact) mass is 256 g/mol. The van der Waals surface area contributed by atoms with E-state index in [2.05, 4.69) is 24.1 Å². The van der Waals surface area contributed by atoms with E-state index in [0.29, 0.717) is 6.04 Å². The summed E-state index contributed by atoms with van der Waals surface area (Å²) in [6.07, 6.45) is 6.39. The molecular weight excluding hydrogens is 224 g/mol. The van der Waals surface area contributed by atoms with Gasteiger partial charge in [-0.15, -0.1) is 0 Å². The van der Waals surface area contributed by atoms with E-state index in [0.717, 1.165) is 12.5 Å². The van der Waals surface area contributed by atoms with Gasteiger partial charge in [0.05, 0.1) is 0 Å². The first-order valence-electron chi connectivity index (χ1n) is 7.72. The van der Waals surface area contributed by atoms with Gasteiger partial charge in [0.25, 0.3) is 0 Å². The summed E-state index contributed by atoms with van der Waals surface area (Å²) in [5.41, 5.74) is 0. The van der Waals surface area contributed by atoms with Gasteiger partial charge < -0.3 is 15.0 Å². The molecule has 0 amide bonds. The van der Waals surface area contributed by atoms with Crippen LogP contribution in [0.15, 0.2) is 0 Å². The summed E-state index contributed by atoms with van der Waals surface area (Å²) in [5.74, 6) is 0.791. The Labute approximate surface area is 113 Å². The third kappa shape index (κ3) is 6.17. The van der Waals surface area contributed by atoms with Crippen LogP contribution < -0.4 is 5.32 Å². The highest BCUT2D eigenvalue weighted by Crippen LogP contribution is 2.13. The van der Waals surface area contributed by atoms with Crippen LogP contribution in [0.1, 0.15) is 46.0 Å². The Kier molecular flexibility index (Phi) is 8.64. The van der Waals surface area contributed by atoms with Crippen molar-refractivity contribution >= 4 is 0 Å². The van der Waals surface area contributed by atoms with Gasteiger partial charge in [0.2, 0.25) is 0 Å². The number of methoxy groups -OCH3 is 1. The van der Waals surface area contributed by atoms with Crippen molar-refractivity contribution in [3.63, 3.8) is 0 Å². The minimum Gasteiger partial charge on any atom is -0.385 e. The van der Waals surface area contributed by atoms with Crippen molar-refractivity contribution in [1.29, 1.82) is 0 Å². The van der Waals surface area contributed by atoms with Crippen LogP contribution >= 0.6 is 0 Å². The molecule has 0 aromatic carbocycles. The van der Waals surface area contributed by atoms with Crippen LogP contribution in [0.2, 0.25) is 0 Å². The molecular formula is C15H32N2O. The zero-order valence-corrected chi connectivity index (χ0v) is 12.6. The Hall–Kier alpha value is -0.120. The molecule has 0 radical (unpaired) electrons. The van der Waals surface area contributed by atoms with Gasteiger partial charge >= 0.3 is 0 Å². The first kappa shape index (κ1) is 15.9. The lowest BCUT2D eigenvalue weighted by atomic mass is 9.99. The number of hydrogen-bond acceptors (Lipinski definition) is 3. The minimum absolute atomic E-state index is 0.691. The average molecular weight is 256 g/mol. The Morgan fingerprint density at radius 3 is 2.89 bits per heavy atom. The van der Waals surface area contributed by atoms with Crippen molar-refractivity contribution in [2.75, 3.05) is 39.9 Å². The second-order valence-corrected chi connectivity index (χ2v) is 5.65. The maximum atomic E-state index is 5.09. The molecule has 18 heavy (non-hydrogen) atoms. The second-order valence-electron chi connectivity index (χ2n) is 5.65. The lowest BCUT2D eigenvalue weighted by Gasteiger charge is -2.28. The van der Waals surface area contributed by atoms with E-state index in [1.54, 1.807) is 7.11 Å². The molecule has 1 saturated heterocycles. The molecule has 1 fully saturated rings. The van der Waals surface area contributed by atoms with Gasteiger partial charge in [-0.3, -0.25) is 0 Å². The van der Waals surface area contributed by atoms with E-state index in [4.69, 9.17) is 4.74 Å². The van der Waals surface area contributed by atoms with Crippen molar-refractivity contribution in [3.05, 3.63) is 0 Å². The van der Waals surface area contributed by atoms with Crippen molar-refractivity contribution in [3.8, 4) is 0 Å². The molecule has 3 nitrogen and oxygen atoms in total. The van der Waals surface area contributed by atoms with Crippen molar-refractivity contribution < 1.29 is 4.74 Å². The van der Waals surface area contributed by atoms with Gasteiger partial charge in [-0.25, -0.2) is 0 Å². The molecule has 1 aliphatic heterocycles. The van der Waals surface area contributed by atoms with Gasteiger partial charge in [0.1, 0.15) is 0 Å². The standard InChI is InChI=1S/C15H32N2O/c1-4-14(2)15-13-17(11-8-9-16-15)10-6-5-7-12-18-3/h14-16H,4-13H2,1-3H3. The van der Waals surface area contributed by atoms with Crippen molar-refractivity contribution in [1.82, 2.24) is 10.2 Å². The molecule has 2 atom stereocenters. The molecule has 0 spiro atoms. The third-order valence-corrected chi connectivity index (χ3v) is 4.17. The van der Waals surface area contributed by atoms with E-state index < -0.39 is 0 Å². The van der Waals surface area contributed by atoms with Gasteiger partial charge in [-0.2, -0.15) is 0 Å². The SMILES string of the molecule is CCC(C)C1CN(CCCCCOC)CCCN1. The van der Waals surface area contributed by atoms with Gasteiger partial charge in [-0.1, -0.05) is 20.3 Å². The Morgan fingerprint density at radius 1 is 1.33 bits per heavy atom. The maximum Gasteiger partial charge on any atom is 0.0462 e. The minimum atomic E-state index is 0.691. The van der Waals surface area contributed by atoms with E-state index in [-0.39, 0.29) is 0 Å². The number of hydrogen-bond donors (Lipinski definition) is 1. The van der Waals surface area contributed by atoms with E-state index >= 15 is 0 Å². The zero-order valence-electron chi connectivity index (χ0n) is 12.6. The maximum absolute atomic E-state index is 5.09. The number of nitrogens with zero attached hydrogens (tertiary/aromatic N) is 1. The molecule has 1 N–H and O–H groups in total. The summed E-state index contributed by atoms with van der Waals surface area (Å²) in [6.45, 7) is 10.5. The second kappa shape index (κ2) is 9.76. The number of nitrogens with one attached hydrogen (secondary N) is 1. The number of ether oxygens (including phenoxy) is 1. The first-order valence-corrected chi connectivity index (χ1v) is 7.72. The molecule has 1 heterocycles. The Balaban J connectivity index is 2.22. The lowest BCUT2D eigenvalue weighted by Crippen LogP contribution is -2.42. The molecule has 2 unspecified atom stereocenters. The predicted octanol–water partition coefficient (Wildman–Crippen LogP) is 2.51. The fraction of sp³-hybridized carbons (Fsp3) is 1.00. The molecule has 108 valence electrons. The highest BCUT2D eigenvalue weighted by molar-refractivity contribution is 4.80. The first-order chi connectivity index (χ1) is 8.77. The van der Waals surface area contributed by atoms with Crippen LogP contribution in [0, 0.1) is 5.92 Å². The highest BCUT2D eigenvalue weighted by atomic mass is 16.5. The summed E-state index contributed by atoms with van der Waals surface area (Å²) in [4.78, 5) is 2.66. The smallest absolute Gasteiger partial charge is 0.0462 e. The van der Waals surface area contributed by atoms with Crippen LogP contribution in [-0.2, 0) is 4.74 Å². The fourth-order valence-electron chi connectivity index (χ4n) is 2.65. The van der Waals surface area contributed by atoms with Crippen LogP contribution in [0.5, 0.6) is 0 Å². The number of unbranched alkanes of at least 4 members (excludes halogenated alkanes) is 2. The molecule has 3 heteroatoms. The summed E-state index contributed by atoms with van der Waals surface area (Å²) < 4.78 is 5.09. The summed E-state index contributed by atoms with van der Waals surface area (Å²) >= 11 is 0. The van der Waals surface area contributed by atoms with Crippen LogP contribution in [0.25, 0.3) is 0 Å². The average Bonchev–Trinajstić information content (AvgIpc) is 2.63. The molecule has 0 aliphatic carbocycles. The van der Waals surface area contributed by atoms with Gasteiger partial charge in [0.15, 0.2) is 0 Å². The summed E-state index contributed by atoms with van der Waals surface area (Å²) in [5, 5.41) is 3.71. The van der Waals surface area contributed by atoms with Gasteiger partial charge in [-0.05, 0) is 51.2 Å². The van der Waals surface area contributed by atoms with Crippen molar-refractivity contribution in [2.45, 2.75) is 52.0 Å². The van der Waals surface area contributed by atoms with Crippen molar-refractivity contribution in [2.24, 2.45) is 5.92 Å². The zero-order chi connectivity index (χ0) is 13.2. The van der Waals surface area contributed by atoms with Crippen LogP contribution in [-0.4, -0.2) is 50.8 Å². The molecule has 0 aromatic rings. The summed E-state index contributed by atoms with van der Waals surface area (Å²) in [6, 6.07) is 0.691. The Bertz CT molecular complexity index is 199. The normalized spacial score (nSPS) is 23.8. The third-order valence-electron chi connectivity index (χ3n) is 4.17. The van der Waals surface area contributed by atoms with E-state index in [1.165, 1.54) is 58.3 Å². The largest absolute Gasteiger partial charge is 0.385 e. The molecule has 1 rings (SSSR count). The van der Waals surface area contributed by atoms with Crippen LogP contribution in [0.3, 0.4) is 0 Å². The fourth-order valence-corrected chi connectivity index (χ4v) is 2.65. The molecule has 0 aromatic heterocycles. The summed E-state index contributed by atoms with van der Waals surface area (Å²) in [7, 11) is 1.79. The Morgan fingerprint density at radius 2 is 2.17 bits per heavy atom. The van der Waals surface area contributed by atoms with Gasteiger partial charge in [0, 0.05) is 26.3 Å². The van der Waals surface area contributed by atoms with Crippen LogP contribution in [0.4, 0.5) is 0 Å². The molecule has 1 aliphatic rings. The predicted molar refractivity (Wildman–Crippen MR) is 78.0 cm³/mol. The van der Waals surface area contributed by atoms with E-state index in [1.807, 2.05) is 0 Å². The molecule has 0 saturated carbocycles. The lowest BCUT2D eigenvalue weighted by molar-refractivity contribution is 0.187. The quantitative estimate of drug-likeness (QED) is 0.675.